The molecule has 0 saturated heterocycles. The van der Waals surface area contributed by atoms with E-state index in [4.69, 9.17) is 0 Å². The molecule has 23 heavy (non-hydrogen) atoms. The molecule has 0 unspecified atom stereocenters. The lowest BCUT2D eigenvalue weighted by Crippen LogP contribution is -2.41. The van der Waals surface area contributed by atoms with E-state index in [2.05, 4.69) is 5.32 Å². The summed E-state index contributed by atoms with van der Waals surface area (Å²) in [6.45, 7) is 5.11. The minimum absolute atomic E-state index is 0.0141. The minimum Gasteiger partial charge on any atom is -0.335 e. The highest BCUT2D eigenvalue weighted by Crippen LogP contribution is 2.09. The number of halogens is 1. The maximum atomic E-state index is 13.6. The Balaban J connectivity index is 1.90. The van der Waals surface area contributed by atoms with Crippen molar-refractivity contribution in [3.63, 3.8) is 0 Å². The van der Waals surface area contributed by atoms with E-state index in [1.807, 2.05) is 49.1 Å². The van der Waals surface area contributed by atoms with E-state index in [0.29, 0.717) is 18.7 Å². The molecular weight excluding hydrogens is 291 g/mol. The quantitative estimate of drug-likeness (QED) is 0.850. The van der Waals surface area contributed by atoms with Gasteiger partial charge in [-0.3, -0.25) is 4.79 Å². The average molecular weight is 314 g/mol. The molecule has 0 heterocycles. The number of carbonyl (C=O) groups excluding carboxylic acids is 1. The first-order chi connectivity index (χ1) is 11.1. The van der Waals surface area contributed by atoms with Crippen LogP contribution in [0.2, 0.25) is 0 Å². The molecule has 1 N–H and O–H groups in total. The van der Waals surface area contributed by atoms with E-state index >= 15 is 0 Å². The first-order valence-corrected chi connectivity index (χ1v) is 7.85. The normalized spacial score (nSPS) is 10.8. The molecule has 0 aliphatic rings. The summed E-state index contributed by atoms with van der Waals surface area (Å²) in [5, 5.41) is 3.03. The first kappa shape index (κ1) is 17.2. The van der Waals surface area contributed by atoms with Crippen LogP contribution in [0.25, 0.3) is 0 Å². The number of nitrogens with one attached hydrogen (secondary N) is 1. The monoisotopic (exact) mass is 314 g/mol. The smallest absolute Gasteiger partial charge is 0.237 e. The zero-order valence-corrected chi connectivity index (χ0v) is 13.6. The topological polar surface area (TPSA) is 32.3 Å². The van der Waals surface area contributed by atoms with Crippen molar-refractivity contribution in [3.8, 4) is 0 Å². The van der Waals surface area contributed by atoms with Crippen molar-refractivity contribution in [1.82, 2.24) is 10.2 Å². The largest absolute Gasteiger partial charge is 0.335 e. The molecule has 0 aliphatic carbocycles. The molecule has 0 spiro atoms. The van der Waals surface area contributed by atoms with Gasteiger partial charge in [-0.2, -0.15) is 0 Å². The van der Waals surface area contributed by atoms with Gasteiger partial charge in [-0.1, -0.05) is 48.5 Å². The van der Waals surface area contributed by atoms with Crippen LogP contribution in [-0.2, 0) is 17.9 Å². The molecular formula is C19H23FN2O. The van der Waals surface area contributed by atoms with E-state index in [1.165, 1.54) is 6.07 Å². The second-order valence-corrected chi connectivity index (χ2v) is 5.80. The summed E-state index contributed by atoms with van der Waals surface area (Å²) >= 11 is 0. The second-order valence-electron chi connectivity index (χ2n) is 5.80. The molecule has 4 heteroatoms. The molecule has 0 aromatic heterocycles. The van der Waals surface area contributed by atoms with Crippen LogP contribution in [0.1, 0.15) is 25.0 Å². The SMILES string of the molecule is CC(C)N(Cc1ccccc1)C(=O)CNCc1ccccc1F. The van der Waals surface area contributed by atoms with Gasteiger partial charge in [0.05, 0.1) is 6.54 Å². The molecule has 0 bridgehead atoms. The molecule has 2 aromatic carbocycles. The van der Waals surface area contributed by atoms with Crippen molar-refractivity contribution in [2.45, 2.75) is 33.0 Å². The van der Waals surface area contributed by atoms with Gasteiger partial charge in [0.25, 0.3) is 0 Å². The zero-order chi connectivity index (χ0) is 16.7. The van der Waals surface area contributed by atoms with Crippen LogP contribution in [0, 0.1) is 5.82 Å². The molecule has 2 aromatic rings. The summed E-state index contributed by atoms with van der Waals surface area (Å²) in [5.74, 6) is -0.238. The number of amides is 1. The van der Waals surface area contributed by atoms with E-state index in [-0.39, 0.29) is 24.3 Å². The highest BCUT2D eigenvalue weighted by Gasteiger charge is 2.16. The van der Waals surface area contributed by atoms with Crippen LogP contribution in [0.4, 0.5) is 4.39 Å². The van der Waals surface area contributed by atoms with Crippen molar-refractivity contribution < 1.29 is 9.18 Å². The standard InChI is InChI=1S/C19H23FN2O/c1-15(2)22(14-16-8-4-3-5-9-16)19(23)13-21-12-17-10-6-7-11-18(17)20/h3-11,15,21H,12-14H2,1-2H3. The molecule has 122 valence electrons. The van der Waals surface area contributed by atoms with Crippen molar-refractivity contribution in [2.75, 3.05) is 6.54 Å². The Hall–Kier alpha value is -2.20. The van der Waals surface area contributed by atoms with Gasteiger partial charge in [-0.05, 0) is 25.5 Å². The van der Waals surface area contributed by atoms with Crippen LogP contribution in [0.15, 0.2) is 54.6 Å². The highest BCUT2D eigenvalue weighted by atomic mass is 19.1. The molecule has 0 radical (unpaired) electrons. The van der Waals surface area contributed by atoms with E-state index < -0.39 is 0 Å². The van der Waals surface area contributed by atoms with E-state index in [0.717, 1.165) is 5.56 Å². The fourth-order valence-electron chi connectivity index (χ4n) is 2.39. The summed E-state index contributed by atoms with van der Waals surface area (Å²) in [6, 6.07) is 16.6. The maximum Gasteiger partial charge on any atom is 0.237 e. The fraction of sp³-hybridized carbons (Fsp3) is 0.316. The first-order valence-electron chi connectivity index (χ1n) is 7.85. The van der Waals surface area contributed by atoms with Gasteiger partial charge in [0.1, 0.15) is 5.82 Å². The predicted molar refractivity (Wildman–Crippen MR) is 90.2 cm³/mol. The highest BCUT2D eigenvalue weighted by molar-refractivity contribution is 5.78. The second kappa shape index (κ2) is 8.44. The summed E-state index contributed by atoms with van der Waals surface area (Å²) in [5.41, 5.74) is 1.67. The van der Waals surface area contributed by atoms with E-state index in [9.17, 15) is 9.18 Å². The Morgan fingerprint density at radius 2 is 1.74 bits per heavy atom. The van der Waals surface area contributed by atoms with E-state index in [1.54, 1.807) is 18.2 Å². The van der Waals surface area contributed by atoms with Gasteiger partial charge in [-0.15, -0.1) is 0 Å². The summed E-state index contributed by atoms with van der Waals surface area (Å²) < 4.78 is 13.6. The lowest BCUT2D eigenvalue weighted by atomic mass is 10.2. The Labute approximate surface area is 137 Å². The maximum absolute atomic E-state index is 13.6. The molecule has 0 saturated carbocycles. The minimum atomic E-state index is -0.252. The number of rotatable bonds is 7. The van der Waals surface area contributed by atoms with Crippen LogP contribution in [0.3, 0.4) is 0 Å². The van der Waals surface area contributed by atoms with Crippen molar-refractivity contribution in [2.24, 2.45) is 0 Å². The van der Waals surface area contributed by atoms with Crippen molar-refractivity contribution in [1.29, 1.82) is 0 Å². The van der Waals surface area contributed by atoms with Crippen LogP contribution in [-0.4, -0.2) is 23.4 Å². The lowest BCUT2D eigenvalue weighted by molar-refractivity contribution is -0.132. The van der Waals surface area contributed by atoms with Gasteiger partial charge >= 0.3 is 0 Å². The molecule has 0 atom stereocenters. The summed E-state index contributed by atoms with van der Waals surface area (Å²) in [6.07, 6.45) is 0. The van der Waals surface area contributed by atoms with Crippen LogP contribution < -0.4 is 5.32 Å². The average Bonchev–Trinajstić information content (AvgIpc) is 2.55. The van der Waals surface area contributed by atoms with Gasteiger partial charge in [0.15, 0.2) is 0 Å². The number of nitrogens with zero attached hydrogens (tertiary/aromatic N) is 1. The van der Waals surface area contributed by atoms with Gasteiger partial charge < -0.3 is 10.2 Å². The Morgan fingerprint density at radius 3 is 2.39 bits per heavy atom. The van der Waals surface area contributed by atoms with Gasteiger partial charge in [0, 0.05) is 24.7 Å². The number of hydrogen-bond acceptors (Lipinski definition) is 2. The third-order valence-electron chi connectivity index (χ3n) is 3.69. The van der Waals surface area contributed by atoms with Gasteiger partial charge in [-0.25, -0.2) is 4.39 Å². The van der Waals surface area contributed by atoms with Crippen LogP contribution >= 0.6 is 0 Å². The summed E-state index contributed by atoms with van der Waals surface area (Å²) in [4.78, 5) is 14.3. The van der Waals surface area contributed by atoms with Crippen LogP contribution in [0.5, 0.6) is 0 Å². The predicted octanol–water partition coefficient (Wildman–Crippen LogP) is 3.35. The van der Waals surface area contributed by atoms with Crippen molar-refractivity contribution >= 4 is 5.91 Å². The van der Waals surface area contributed by atoms with Gasteiger partial charge in [0.2, 0.25) is 5.91 Å². The zero-order valence-electron chi connectivity index (χ0n) is 13.6. The third-order valence-corrected chi connectivity index (χ3v) is 3.69. The fourth-order valence-corrected chi connectivity index (χ4v) is 2.39. The number of hydrogen-bond donors (Lipinski definition) is 1. The molecule has 3 nitrogen and oxygen atoms in total. The Bertz CT molecular complexity index is 628. The molecule has 1 amide bonds. The molecule has 0 fully saturated rings. The Kier molecular flexibility index (Phi) is 6.29. The number of benzene rings is 2. The lowest BCUT2D eigenvalue weighted by Gasteiger charge is -2.27. The molecule has 0 aliphatic heterocycles. The Morgan fingerprint density at radius 1 is 1.09 bits per heavy atom. The third kappa shape index (κ3) is 5.18. The summed E-state index contributed by atoms with van der Waals surface area (Å²) in [7, 11) is 0. The van der Waals surface area contributed by atoms with Crippen molar-refractivity contribution in [3.05, 3.63) is 71.5 Å². The number of carbonyl (C=O) groups is 1. The molecule has 2 rings (SSSR count).